The lowest BCUT2D eigenvalue weighted by Gasteiger charge is -2.31. The second-order valence-corrected chi connectivity index (χ2v) is 4.62. The van der Waals surface area contributed by atoms with Gasteiger partial charge in [0.15, 0.2) is 6.61 Å². The molecule has 2 heterocycles. The number of aromatic nitrogens is 2. The van der Waals surface area contributed by atoms with Gasteiger partial charge in [0.05, 0.1) is 0 Å². The topological polar surface area (TPSA) is 38.2 Å². The van der Waals surface area contributed by atoms with Gasteiger partial charge < -0.3 is 9.64 Å². The molecule has 1 aromatic rings. The van der Waals surface area contributed by atoms with Crippen molar-refractivity contribution in [3.05, 3.63) is 12.4 Å². The normalized spacial score (nSPS) is 19.0. The highest BCUT2D eigenvalue weighted by Crippen LogP contribution is 2.22. The fourth-order valence-electron chi connectivity index (χ4n) is 2.16. The number of hydrogen-bond donors (Lipinski definition) is 0. The third-order valence-corrected chi connectivity index (χ3v) is 3.08. The van der Waals surface area contributed by atoms with Crippen molar-refractivity contribution >= 4 is 5.82 Å². The highest BCUT2D eigenvalue weighted by Gasteiger charge is 2.17. The van der Waals surface area contributed by atoms with Gasteiger partial charge in [-0.25, -0.2) is 9.97 Å². The van der Waals surface area contributed by atoms with Gasteiger partial charge in [-0.3, -0.25) is 0 Å². The van der Waals surface area contributed by atoms with E-state index in [-0.39, 0.29) is 0 Å². The molecule has 18 heavy (non-hydrogen) atoms. The first kappa shape index (κ1) is 12.7. The van der Waals surface area contributed by atoms with Gasteiger partial charge in [-0.15, -0.1) is 5.92 Å². The second kappa shape index (κ2) is 6.25. The first-order chi connectivity index (χ1) is 8.79. The van der Waals surface area contributed by atoms with E-state index >= 15 is 0 Å². The molecule has 1 aliphatic rings. The summed E-state index contributed by atoms with van der Waals surface area (Å²) in [5, 5.41) is 0. The van der Waals surface area contributed by atoms with Crippen LogP contribution in [0.2, 0.25) is 0 Å². The summed E-state index contributed by atoms with van der Waals surface area (Å²) in [6.45, 7) is 6.58. The van der Waals surface area contributed by atoms with Gasteiger partial charge in [0, 0.05) is 19.2 Å². The van der Waals surface area contributed by atoms with Crippen LogP contribution in [0.15, 0.2) is 12.4 Å². The van der Waals surface area contributed by atoms with E-state index in [1.54, 1.807) is 13.3 Å². The van der Waals surface area contributed by atoms with Crippen LogP contribution in [0.25, 0.3) is 0 Å². The summed E-state index contributed by atoms with van der Waals surface area (Å²) in [5.41, 5.74) is 0. The third-order valence-electron chi connectivity index (χ3n) is 3.08. The number of ether oxygens (including phenoxy) is 1. The van der Waals surface area contributed by atoms with Crippen molar-refractivity contribution in [2.75, 3.05) is 24.6 Å². The number of anilines is 1. The van der Waals surface area contributed by atoms with Crippen molar-refractivity contribution in [3.63, 3.8) is 0 Å². The summed E-state index contributed by atoms with van der Waals surface area (Å²) in [7, 11) is 0. The van der Waals surface area contributed by atoms with Crippen molar-refractivity contribution in [1.29, 1.82) is 0 Å². The first-order valence-electron chi connectivity index (χ1n) is 6.39. The lowest BCUT2D eigenvalue weighted by atomic mass is 10.0. The van der Waals surface area contributed by atoms with Crippen LogP contribution in [-0.4, -0.2) is 29.7 Å². The monoisotopic (exact) mass is 245 g/mol. The molecule has 1 aromatic heterocycles. The molecule has 0 N–H and O–H groups in total. The van der Waals surface area contributed by atoms with E-state index in [0.717, 1.165) is 24.8 Å². The summed E-state index contributed by atoms with van der Waals surface area (Å²) >= 11 is 0. The van der Waals surface area contributed by atoms with Gasteiger partial charge in [-0.1, -0.05) is 12.8 Å². The maximum absolute atomic E-state index is 5.45. The minimum absolute atomic E-state index is 0.378. The molecule has 1 fully saturated rings. The fourth-order valence-corrected chi connectivity index (χ4v) is 2.16. The quantitative estimate of drug-likeness (QED) is 0.765. The predicted molar refractivity (Wildman–Crippen MR) is 71.6 cm³/mol. The van der Waals surface area contributed by atoms with Gasteiger partial charge in [0.25, 0.3) is 0 Å². The Kier molecular flexibility index (Phi) is 4.40. The summed E-state index contributed by atoms with van der Waals surface area (Å²) in [5.74, 6) is 7.93. The molecule has 1 unspecified atom stereocenters. The zero-order valence-electron chi connectivity index (χ0n) is 11.0. The van der Waals surface area contributed by atoms with Crippen molar-refractivity contribution < 1.29 is 4.74 Å². The molecule has 0 aromatic carbocycles. The summed E-state index contributed by atoms with van der Waals surface area (Å²) in [4.78, 5) is 10.7. The SMILES string of the molecule is CC#CCOc1cc(N2CCCC(C)C2)ncn1. The van der Waals surface area contributed by atoms with Gasteiger partial charge in [0.2, 0.25) is 5.88 Å². The Hall–Kier alpha value is -1.76. The minimum Gasteiger partial charge on any atom is -0.464 e. The van der Waals surface area contributed by atoms with Crippen molar-refractivity contribution in [3.8, 4) is 17.7 Å². The molecule has 1 saturated heterocycles. The molecule has 0 radical (unpaired) electrons. The predicted octanol–water partition coefficient (Wildman–Crippen LogP) is 2.12. The molecule has 0 amide bonds. The molecule has 0 spiro atoms. The van der Waals surface area contributed by atoms with Gasteiger partial charge in [-0.05, 0) is 25.7 Å². The molecule has 4 nitrogen and oxygen atoms in total. The van der Waals surface area contributed by atoms with Crippen LogP contribution in [0, 0.1) is 17.8 Å². The second-order valence-electron chi connectivity index (χ2n) is 4.62. The molecular weight excluding hydrogens is 226 g/mol. The van der Waals surface area contributed by atoms with Crippen LogP contribution in [0.4, 0.5) is 5.82 Å². The highest BCUT2D eigenvalue weighted by atomic mass is 16.5. The Morgan fingerprint density at radius 2 is 2.39 bits per heavy atom. The number of hydrogen-bond acceptors (Lipinski definition) is 4. The molecule has 4 heteroatoms. The van der Waals surface area contributed by atoms with Gasteiger partial charge in [0.1, 0.15) is 12.1 Å². The van der Waals surface area contributed by atoms with Gasteiger partial charge >= 0.3 is 0 Å². The van der Waals surface area contributed by atoms with Crippen molar-refractivity contribution in [2.24, 2.45) is 5.92 Å². The van der Waals surface area contributed by atoms with Crippen LogP contribution in [0.1, 0.15) is 26.7 Å². The van der Waals surface area contributed by atoms with Crippen molar-refractivity contribution in [2.45, 2.75) is 26.7 Å². The molecular formula is C14H19N3O. The Labute approximate surface area is 108 Å². The molecule has 1 atom stereocenters. The Morgan fingerprint density at radius 3 is 3.17 bits per heavy atom. The smallest absolute Gasteiger partial charge is 0.219 e. The molecule has 0 aliphatic carbocycles. The average Bonchev–Trinajstić information content (AvgIpc) is 2.39. The van der Waals surface area contributed by atoms with Crippen LogP contribution in [0.3, 0.4) is 0 Å². The van der Waals surface area contributed by atoms with E-state index in [1.165, 1.54) is 12.8 Å². The maximum Gasteiger partial charge on any atom is 0.219 e. The zero-order valence-corrected chi connectivity index (χ0v) is 11.0. The van der Waals surface area contributed by atoms with Crippen LogP contribution >= 0.6 is 0 Å². The fraction of sp³-hybridized carbons (Fsp3) is 0.571. The number of piperidine rings is 1. The van der Waals surface area contributed by atoms with E-state index in [9.17, 15) is 0 Å². The lowest BCUT2D eigenvalue weighted by molar-refractivity contribution is 0.354. The molecule has 1 aliphatic heterocycles. The van der Waals surface area contributed by atoms with Crippen LogP contribution in [-0.2, 0) is 0 Å². The molecule has 0 saturated carbocycles. The van der Waals surface area contributed by atoms with Crippen molar-refractivity contribution in [1.82, 2.24) is 9.97 Å². The van der Waals surface area contributed by atoms with Crippen LogP contribution in [0.5, 0.6) is 5.88 Å². The third kappa shape index (κ3) is 3.36. The molecule has 96 valence electrons. The van der Waals surface area contributed by atoms with Gasteiger partial charge in [-0.2, -0.15) is 0 Å². The van der Waals surface area contributed by atoms with Crippen LogP contribution < -0.4 is 9.64 Å². The minimum atomic E-state index is 0.378. The largest absolute Gasteiger partial charge is 0.464 e. The lowest BCUT2D eigenvalue weighted by Crippen LogP contribution is -2.34. The molecule has 2 rings (SSSR count). The zero-order chi connectivity index (χ0) is 12.8. The number of rotatable bonds is 3. The average molecular weight is 245 g/mol. The first-order valence-corrected chi connectivity index (χ1v) is 6.39. The molecule has 0 bridgehead atoms. The van der Waals surface area contributed by atoms with E-state index in [4.69, 9.17) is 4.74 Å². The standard InChI is InChI=1S/C14H19N3O/c1-3-4-8-18-14-9-13(15-11-16-14)17-7-5-6-12(2)10-17/h9,11-12H,5-8,10H2,1-2H3. The summed E-state index contributed by atoms with van der Waals surface area (Å²) in [6, 6.07) is 1.90. The Morgan fingerprint density at radius 1 is 1.50 bits per heavy atom. The van der Waals surface area contributed by atoms with E-state index in [0.29, 0.717) is 12.5 Å². The van der Waals surface area contributed by atoms with E-state index in [1.807, 2.05) is 6.07 Å². The Balaban J connectivity index is 2.03. The summed E-state index contributed by atoms with van der Waals surface area (Å²) < 4.78 is 5.45. The highest BCUT2D eigenvalue weighted by molar-refractivity contribution is 5.41. The van der Waals surface area contributed by atoms with E-state index in [2.05, 4.69) is 33.6 Å². The maximum atomic E-state index is 5.45. The van der Waals surface area contributed by atoms with E-state index < -0.39 is 0 Å². The Bertz CT molecular complexity index is 450. The summed E-state index contributed by atoms with van der Waals surface area (Å²) in [6.07, 6.45) is 4.09. The number of nitrogens with zero attached hydrogens (tertiary/aromatic N) is 3.